The van der Waals surface area contributed by atoms with Crippen LogP contribution in [0.1, 0.15) is 33.1 Å². The van der Waals surface area contributed by atoms with E-state index in [4.69, 9.17) is 15.6 Å². The fraction of sp³-hybridized carbons (Fsp3) is 0.875. The van der Waals surface area contributed by atoms with Gasteiger partial charge in [-0.15, -0.1) is 0 Å². The standard InChI is InChI=1S/C16H30N4O5S/c1-12(2)19-5-3-13(4-6-19)16(15(17)22,26(18,23)24)11-14(21)20-7-9-25-10-8-20/h12-13H,3-11H2,1-2H3,(H2,17,22)(H2,18,23,24). The predicted octanol–water partition coefficient (Wildman–Crippen LogP) is -1.13. The average molecular weight is 391 g/mol. The van der Waals surface area contributed by atoms with Crippen LogP contribution in [0.25, 0.3) is 0 Å². The van der Waals surface area contributed by atoms with Crippen LogP contribution in [-0.4, -0.2) is 80.2 Å². The van der Waals surface area contributed by atoms with Crippen LogP contribution in [0.2, 0.25) is 0 Å². The molecule has 10 heteroatoms. The number of hydrogen-bond acceptors (Lipinski definition) is 6. The molecule has 0 bridgehead atoms. The number of likely N-dealkylation sites (tertiary alicyclic amines) is 1. The Morgan fingerprint density at radius 3 is 2.12 bits per heavy atom. The Hall–Kier alpha value is -1.23. The highest BCUT2D eigenvalue weighted by atomic mass is 32.2. The van der Waals surface area contributed by atoms with Crippen LogP contribution < -0.4 is 10.9 Å². The molecule has 2 saturated heterocycles. The summed E-state index contributed by atoms with van der Waals surface area (Å²) >= 11 is 0. The second-order valence-corrected chi connectivity index (χ2v) is 9.19. The molecule has 1 atom stereocenters. The summed E-state index contributed by atoms with van der Waals surface area (Å²) in [6.45, 7) is 6.90. The van der Waals surface area contributed by atoms with Crippen molar-refractivity contribution in [1.29, 1.82) is 0 Å². The molecule has 2 aliphatic rings. The Morgan fingerprint density at radius 1 is 1.15 bits per heavy atom. The highest BCUT2D eigenvalue weighted by Crippen LogP contribution is 2.37. The minimum Gasteiger partial charge on any atom is -0.378 e. The van der Waals surface area contributed by atoms with Gasteiger partial charge in [-0.05, 0) is 45.7 Å². The van der Waals surface area contributed by atoms with Crippen LogP contribution >= 0.6 is 0 Å². The lowest BCUT2D eigenvalue weighted by Gasteiger charge is -2.42. The van der Waals surface area contributed by atoms with E-state index in [9.17, 15) is 18.0 Å². The zero-order valence-corrected chi connectivity index (χ0v) is 16.3. The molecule has 4 N–H and O–H groups in total. The average Bonchev–Trinajstić information content (AvgIpc) is 2.59. The third-order valence-electron chi connectivity index (χ3n) is 5.62. The molecule has 150 valence electrons. The number of piperidine rings is 1. The van der Waals surface area contributed by atoms with Crippen molar-refractivity contribution < 1.29 is 22.7 Å². The number of morpholine rings is 1. The van der Waals surface area contributed by atoms with Crippen molar-refractivity contribution in [2.24, 2.45) is 16.8 Å². The molecular weight excluding hydrogens is 360 g/mol. The predicted molar refractivity (Wildman–Crippen MR) is 96.5 cm³/mol. The van der Waals surface area contributed by atoms with E-state index in [0.717, 1.165) is 0 Å². The third-order valence-corrected chi connectivity index (χ3v) is 7.32. The minimum atomic E-state index is -4.37. The monoisotopic (exact) mass is 390 g/mol. The highest BCUT2D eigenvalue weighted by molar-refractivity contribution is 7.91. The van der Waals surface area contributed by atoms with Gasteiger partial charge in [-0.1, -0.05) is 0 Å². The number of primary sulfonamides is 1. The van der Waals surface area contributed by atoms with Gasteiger partial charge in [0.1, 0.15) is 0 Å². The summed E-state index contributed by atoms with van der Waals surface area (Å²) in [7, 11) is -4.37. The quantitative estimate of drug-likeness (QED) is 0.589. The van der Waals surface area contributed by atoms with Crippen LogP contribution in [-0.2, 0) is 24.3 Å². The number of primary amides is 1. The van der Waals surface area contributed by atoms with Crippen molar-refractivity contribution >= 4 is 21.8 Å². The first kappa shape index (κ1) is 21.1. The van der Waals surface area contributed by atoms with Crippen molar-refractivity contribution in [2.75, 3.05) is 39.4 Å². The van der Waals surface area contributed by atoms with Gasteiger partial charge in [-0.25, -0.2) is 13.6 Å². The fourth-order valence-electron chi connectivity index (χ4n) is 3.94. The zero-order valence-electron chi connectivity index (χ0n) is 15.5. The van der Waals surface area contributed by atoms with Gasteiger partial charge in [0.2, 0.25) is 21.8 Å². The Kier molecular flexibility index (Phi) is 6.65. The first-order valence-corrected chi connectivity index (χ1v) is 10.6. The van der Waals surface area contributed by atoms with E-state index in [1.54, 1.807) is 0 Å². The number of carbonyl (C=O) groups excluding carboxylic acids is 2. The normalized spacial score (nSPS) is 23.0. The Balaban J connectivity index is 2.28. The summed E-state index contributed by atoms with van der Waals surface area (Å²) < 4.78 is 28.1. The van der Waals surface area contributed by atoms with Gasteiger partial charge in [-0.3, -0.25) is 9.59 Å². The Morgan fingerprint density at radius 2 is 1.69 bits per heavy atom. The summed E-state index contributed by atoms with van der Waals surface area (Å²) in [4.78, 5) is 28.8. The summed E-state index contributed by atoms with van der Waals surface area (Å²) in [6, 6.07) is 0.323. The molecule has 0 aliphatic carbocycles. The van der Waals surface area contributed by atoms with Crippen LogP contribution in [0.4, 0.5) is 0 Å². The van der Waals surface area contributed by atoms with E-state index in [1.807, 2.05) is 0 Å². The van der Waals surface area contributed by atoms with Crippen molar-refractivity contribution in [3.63, 3.8) is 0 Å². The fourth-order valence-corrected chi connectivity index (χ4v) is 5.24. The summed E-state index contributed by atoms with van der Waals surface area (Å²) in [5, 5.41) is 5.48. The molecule has 0 aromatic rings. The van der Waals surface area contributed by atoms with Crippen LogP contribution in [0, 0.1) is 5.92 Å². The van der Waals surface area contributed by atoms with Gasteiger partial charge in [0.15, 0.2) is 4.75 Å². The first-order chi connectivity index (χ1) is 12.1. The number of rotatable bonds is 6. The Labute approximate surface area is 155 Å². The molecular formula is C16H30N4O5S. The molecule has 2 heterocycles. The van der Waals surface area contributed by atoms with Crippen molar-refractivity contribution in [2.45, 2.75) is 43.9 Å². The largest absolute Gasteiger partial charge is 0.378 e. The maximum atomic E-state index is 12.7. The van der Waals surface area contributed by atoms with Crippen LogP contribution in [0.3, 0.4) is 0 Å². The van der Waals surface area contributed by atoms with E-state index < -0.39 is 38.9 Å². The maximum absolute atomic E-state index is 12.7. The SMILES string of the molecule is CC(C)N1CCC(C(CC(=O)N2CCOCC2)(C(N)=O)S(N)(=O)=O)CC1. The first-order valence-electron chi connectivity index (χ1n) is 9.01. The van der Waals surface area contributed by atoms with E-state index >= 15 is 0 Å². The summed E-state index contributed by atoms with van der Waals surface area (Å²) in [5.74, 6) is -2.04. The number of nitrogens with two attached hydrogens (primary N) is 2. The summed E-state index contributed by atoms with van der Waals surface area (Å²) in [5.41, 5.74) is 5.55. The van der Waals surface area contributed by atoms with Gasteiger partial charge in [0, 0.05) is 19.1 Å². The topological polar surface area (TPSA) is 136 Å². The third kappa shape index (κ3) is 4.19. The number of ether oxygens (including phenoxy) is 1. The molecule has 2 aliphatic heterocycles. The van der Waals surface area contributed by atoms with E-state index in [1.165, 1.54) is 4.90 Å². The van der Waals surface area contributed by atoms with Crippen molar-refractivity contribution in [3.05, 3.63) is 0 Å². The van der Waals surface area contributed by atoms with Gasteiger partial charge in [0.25, 0.3) is 0 Å². The molecule has 0 spiro atoms. The van der Waals surface area contributed by atoms with Gasteiger partial charge < -0.3 is 20.3 Å². The zero-order chi connectivity index (χ0) is 19.5. The molecule has 0 aromatic heterocycles. The molecule has 2 fully saturated rings. The molecule has 0 radical (unpaired) electrons. The van der Waals surface area contributed by atoms with Crippen molar-refractivity contribution in [3.8, 4) is 0 Å². The number of sulfonamides is 1. The second-order valence-electron chi connectivity index (χ2n) is 7.37. The minimum absolute atomic E-state index is 0.323. The number of nitrogens with zero attached hydrogens (tertiary/aromatic N) is 2. The Bertz CT molecular complexity index is 625. The van der Waals surface area contributed by atoms with Gasteiger partial charge in [-0.2, -0.15) is 0 Å². The maximum Gasteiger partial charge on any atom is 0.241 e. The van der Waals surface area contributed by atoms with Crippen molar-refractivity contribution in [1.82, 2.24) is 9.80 Å². The molecule has 26 heavy (non-hydrogen) atoms. The molecule has 0 aromatic carbocycles. The molecule has 1 unspecified atom stereocenters. The second kappa shape index (κ2) is 8.20. The molecule has 2 amide bonds. The lowest BCUT2D eigenvalue weighted by Crippen LogP contribution is -2.62. The van der Waals surface area contributed by atoms with E-state index in [-0.39, 0.29) is 0 Å². The number of amides is 2. The highest BCUT2D eigenvalue weighted by Gasteiger charge is 2.56. The van der Waals surface area contributed by atoms with E-state index in [0.29, 0.717) is 58.3 Å². The van der Waals surface area contributed by atoms with Crippen LogP contribution in [0.5, 0.6) is 0 Å². The molecule has 0 saturated carbocycles. The molecule has 2 rings (SSSR count). The van der Waals surface area contributed by atoms with E-state index in [2.05, 4.69) is 18.7 Å². The summed E-state index contributed by atoms with van der Waals surface area (Å²) in [6.07, 6.45) is 0.398. The van der Waals surface area contributed by atoms with Gasteiger partial charge in [0.05, 0.1) is 19.6 Å². The number of hydrogen-bond donors (Lipinski definition) is 2. The smallest absolute Gasteiger partial charge is 0.241 e. The lowest BCUT2D eigenvalue weighted by atomic mass is 9.80. The number of carbonyl (C=O) groups is 2. The lowest BCUT2D eigenvalue weighted by molar-refractivity contribution is -0.139. The van der Waals surface area contributed by atoms with Gasteiger partial charge >= 0.3 is 0 Å². The molecule has 9 nitrogen and oxygen atoms in total. The van der Waals surface area contributed by atoms with Crippen LogP contribution in [0.15, 0.2) is 0 Å².